The Hall–Kier alpha value is -6.25. The predicted octanol–water partition coefficient (Wildman–Crippen LogP) is 6.02. The molecule has 1 aliphatic rings. The molecule has 1 unspecified atom stereocenters. The van der Waals surface area contributed by atoms with Crippen molar-refractivity contribution < 1.29 is 42.9 Å². The van der Waals surface area contributed by atoms with Crippen LogP contribution in [-0.2, 0) is 14.2 Å². The monoisotopic (exact) mass is 728 g/mol. The number of pyridine rings is 1. The van der Waals surface area contributed by atoms with Crippen molar-refractivity contribution >= 4 is 47.6 Å². The molecule has 1 atom stereocenters. The minimum Gasteiger partial charge on any atom is -0.496 e. The van der Waals surface area contributed by atoms with Gasteiger partial charge in [-0.2, -0.15) is 0 Å². The van der Waals surface area contributed by atoms with Crippen molar-refractivity contribution in [3.63, 3.8) is 0 Å². The number of alkyl carbamates (subject to hydrolysis) is 1. The molecule has 4 amide bonds. The van der Waals surface area contributed by atoms with E-state index in [-0.39, 0.29) is 40.5 Å². The molecule has 0 saturated heterocycles. The number of amidine groups is 1. The summed E-state index contributed by atoms with van der Waals surface area (Å²) < 4.78 is 20.7. The number of aromatic nitrogens is 1. The predicted molar refractivity (Wildman–Crippen MR) is 197 cm³/mol. The number of hydrogen-bond acceptors (Lipinski definition) is 11. The summed E-state index contributed by atoms with van der Waals surface area (Å²) in [4.78, 5) is 68.2. The van der Waals surface area contributed by atoms with E-state index in [1.54, 1.807) is 24.3 Å². The van der Waals surface area contributed by atoms with E-state index in [4.69, 9.17) is 30.1 Å². The van der Waals surface area contributed by atoms with Gasteiger partial charge in [-0.3, -0.25) is 20.3 Å². The first kappa shape index (κ1) is 39.5. The van der Waals surface area contributed by atoms with E-state index in [0.717, 1.165) is 38.5 Å². The zero-order valence-electron chi connectivity index (χ0n) is 29.9. The maximum atomic E-state index is 13.9. The molecule has 280 valence electrons. The maximum Gasteiger partial charge on any atom is 0.412 e. The Labute approximate surface area is 307 Å². The molecule has 15 nitrogen and oxygen atoms in total. The van der Waals surface area contributed by atoms with Crippen molar-refractivity contribution in [1.29, 1.82) is 5.41 Å². The second kappa shape index (κ2) is 18.8. The number of nitrogens with one attached hydrogen (secondary N) is 4. The summed E-state index contributed by atoms with van der Waals surface area (Å²) in [5.41, 5.74) is 6.21. The average molecular weight is 729 g/mol. The number of unbranched alkanes of at least 4 members (excludes halogenated alkanes) is 3. The quantitative estimate of drug-likeness (QED) is 0.0357. The second-order valence-corrected chi connectivity index (χ2v) is 12.2. The van der Waals surface area contributed by atoms with Gasteiger partial charge in [0.25, 0.3) is 11.8 Å². The van der Waals surface area contributed by atoms with Gasteiger partial charge < -0.3 is 35.3 Å². The number of nitrogens with two attached hydrogens (primary N) is 1. The summed E-state index contributed by atoms with van der Waals surface area (Å²) in [6, 6.07) is 12.1. The Balaban J connectivity index is 1.63. The Morgan fingerprint density at radius 1 is 1.00 bits per heavy atom. The Kier molecular flexibility index (Phi) is 14.0. The van der Waals surface area contributed by atoms with Crippen molar-refractivity contribution in [1.82, 2.24) is 15.6 Å². The van der Waals surface area contributed by atoms with Gasteiger partial charge in [0.1, 0.15) is 17.3 Å². The highest BCUT2D eigenvalue weighted by atomic mass is 16.7. The molecule has 0 aliphatic heterocycles. The highest BCUT2D eigenvalue weighted by molar-refractivity contribution is 6.11. The van der Waals surface area contributed by atoms with E-state index < -0.39 is 36.3 Å². The van der Waals surface area contributed by atoms with E-state index in [1.807, 2.05) is 0 Å². The van der Waals surface area contributed by atoms with Crippen molar-refractivity contribution in [2.75, 3.05) is 25.6 Å². The fraction of sp³-hybridized carbons (Fsp3) is 0.342. The first-order valence-electron chi connectivity index (χ1n) is 17.2. The first-order valence-corrected chi connectivity index (χ1v) is 17.2. The molecule has 0 bridgehead atoms. The van der Waals surface area contributed by atoms with Crippen LogP contribution in [-0.4, -0.2) is 67.3 Å². The second-order valence-electron chi connectivity index (χ2n) is 12.2. The number of hydrogen-bond donors (Lipinski definition) is 5. The zero-order chi connectivity index (χ0) is 38.5. The van der Waals surface area contributed by atoms with E-state index in [1.165, 1.54) is 44.4 Å². The third-order valence-electron chi connectivity index (χ3n) is 8.14. The van der Waals surface area contributed by atoms with E-state index in [2.05, 4.69) is 34.4 Å². The lowest BCUT2D eigenvalue weighted by Gasteiger charge is -2.18. The number of methoxy groups -OCH3 is 1. The van der Waals surface area contributed by atoms with Gasteiger partial charge in [-0.15, -0.1) is 0 Å². The molecule has 53 heavy (non-hydrogen) atoms. The van der Waals surface area contributed by atoms with E-state index >= 15 is 0 Å². The number of benzene rings is 2. The topological polar surface area (TPSA) is 221 Å². The molecule has 0 radical (unpaired) electrons. The van der Waals surface area contributed by atoms with E-state index in [0.29, 0.717) is 35.0 Å². The van der Waals surface area contributed by atoms with E-state index in [9.17, 15) is 24.0 Å². The molecule has 1 heterocycles. The van der Waals surface area contributed by atoms with Gasteiger partial charge in [-0.05, 0) is 73.7 Å². The lowest BCUT2D eigenvalue weighted by Crippen LogP contribution is -2.31. The van der Waals surface area contributed by atoms with Gasteiger partial charge in [-0.25, -0.2) is 19.4 Å². The van der Waals surface area contributed by atoms with Crippen LogP contribution in [0.3, 0.4) is 0 Å². The lowest BCUT2D eigenvalue weighted by atomic mass is 9.94. The Morgan fingerprint density at radius 2 is 1.74 bits per heavy atom. The van der Waals surface area contributed by atoms with Crippen LogP contribution in [0.2, 0.25) is 0 Å². The van der Waals surface area contributed by atoms with Gasteiger partial charge in [0, 0.05) is 47.0 Å². The van der Waals surface area contributed by atoms with Crippen LogP contribution in [0.5, 0.6) is 5.75 Å². The van der Waals surface area contributed by atoms with Crippen LogP contribution in [0, 0.1) is 11.3 Å². The van der Waals surface area contributed by atoms with Crippen LogP contribution < -0.4 is 26.4 Å². The highest BCUT2D eigenvalue weighted by Crippen LogP contribution is 2.35. The summed E-state index contributed by atoms with van der Waals surface area (Å²) in [7, 11) is 1.43. The van der Waals surface area contributed by atoms with Crippen LogP contribution in [0.1, 0.15) is 94.8 Å². The van der Waals surface area contributed by atoms with Gasteiger partial charge in [0.15, 0.2) is 5.69 Å². The molecule has 1 saturated carbocycles. The van der Waals surface area contributed by atoms with Crippen LogP contribution in [0.4, 0.5) is 15.3 Å². The van der Waals surface area contributed by atoms with Crippen molar-refractivity contribution in [3.8, 4) is 16.9 Å². The zero-order valence-corrected chi connectivity index (χ0v) is 29.9. The molecule has 4 rings (SSSR count). The first-order chi connectivity index (χ1) is 25.4. The van der Waals surface area contributed by atoms with Crippen molar-refractivity contribution in [2.24, 2.45) is 11.7 Å². The molecule has 0 spiro atoms. The molecule has 1 aliphatic carbocycles. The lowest BCUT2D eigenvalue weighted by molar-refractivity contribution is -0.0579. The fourth-order valence-corrected chi connectivity index (χ4v) is 5.17. The normalized spacial score (nSPS) is 12.4. The van der Waals surface area contributed by atoms with Crippen LogP contribution in [0.25, 0.3) is 17.2 Å². The molecular weight excluding hydrogens is 684 g/mol. The number of carbonyl (C=O) groups excluding carboxylic acids is 5. The number of carbonyl (C=O) groups is 5. The van der Waals surface area contributed by atoms with Gasteiger partial charge >= 0.3 is 18.2 Å². The van der Waals surface area contributed by atoms with Crippen LogP contribution >= 0.6 is 0 Å². The maximum absolute atomic E-state index is 13.9. The summed E-state index contributed by atoms with van der Waals surface area (Å²) in [6.45, 7) is 7.89. The highest BCUT2D eigenvalue weighted by Gasteiger charge is 2.27. The minimum atomic E-state index is -1.40. The molecule has 1 aromatic heterocycles. The third kappa shape index (κ3) is 11.4. The summed E-state index contributed by atoms with van der Waals surface area (Å²) in [5, 5.41) is 16.3. The molecule has 3 aromatic rings. The minimum absolute atomic E-state index is 0.0732. The molecule has 15 heteroatoms. The summed E-state index contributed by atoms with van der Waals surface area (Å²) in [6.07, 6.45) is 4.01. The van der Waals surface area contributed by atoms with Crippen molar-refractivity contribution in [3.05, 3.63) is 83.2 Å². The summed E-state index contributed by atoms with van der Waals surface area (Å²) in [5.74, 6) is -1.65. The Bertz CT molecular complexity index is 1860. The number of esters is 1. The van der Waals surface area contributed by atoms with Gasteiger partial charge in [0.2, 0.25) is 6.29 Å². The Morgan fingerprint density at radius 3 is 2.38 bits per heavy atom. The van der Waals surface area contributed by atoms with Gasteiger partial charge in [0.05, 0.1) is 13.7 Å². The van der Waals surface area contributed by atoms with Gasteiger partial charge in [-0.1, -0.05) is 38.8 Å². The molecule has 6 N–H and O–H groups in total. The molecule has 1 fully saturated rings. The number of rotatable bonds is 17. The number of nitrogens with zero attached hydrogens (tertiary/aromatic N) is 1. The molecular formula is C38H44N6O9. The average Bonchev–Trinajstić information content (AvgIpc) is 3.97. The fourth-order valence-electron chi connectivity index (χ4n) is 5.17. The number of primary amides is 1. The number of amides is 4. The summed E-state index contributed by atoms with van der Waals surface area (Å²) >= 11 is 0. The largest absolute Gasteiger partial charge is 0.496 e. The number of anilines is 1. The standard InChI is InChI=1S/C38H44N6O9/c1-5-7-8-9-18-51-38(49)44-33(39)25-12-14-26(15-13-25)42-34(45)29-19-24(6-2)31(50-4)20-28(29)27-16-17-30(35(46)41-21-23-10-11-23)43-32(27)36(47)52-22(3)53-37(40)48/h6,12-17,19-20,22-23H,2,5,7-11,18,21H2,1,3-4H3,(H2,40,48)(H,41,46)(H,42,45)(H2,39,44,49). The molecule has 2 aromatic carbocycles. The third-order valence-corrected chi connectivity index (χ3v) is 8.14. The SMILES string of the molecule is C=Cc1cc(C(=O)Nc2ccc(C(=N)NC(=O)OCCCCCC)cc2)c(-c2ccc(C(=O)NCC3CC3)nc2C(=O)OC(C)OC(N)=O)cc1OC. The van der Waals surface area contributed by atoms with Crippen molar-refractivity contribution in [2.45, 2.75) is 58.7 Å². The smallest absolute Gasteiger partial charge is 0.412 e. The number of ether oxygens (including phenoxy) is 4. The van der Waals surface area contributed by atoms with Crippen LogP contribution in [0.15, 0.2) is 55.1 Å².